The highest BCUT2D eigenvalue weighted by atomic mass is 19.3. The molecule has 0 aliphatic carbocycles. The van der Waals surface area contributed by atoms with Crippen molar-refractivity contribution in [1.29, 1.82) is 5.41 Å². The van der Waals surface area contributed by atoms with Crippen LogP contribution in [0.1, 0.15) is 35.3 Å². The Morgan fingerprint density at radius 2 is 1.85 bits per heavy atom. The fraction of sp³-hybridized carbons (Fsp3) is 0.267. The molecule has 1 atom stereocenters. The van der Waals surface area contributed by atoms with E-state index < -0.39 is 11.8 Å². The van der Waals surface area contributed by atoms with Gasteiger partial charge in [-0.3, -0.25) is 14.4 Å². The van der Waals surface area contributed by atoms with Crippen LogP contribution in [0.4, 0.5) is 20.2 Å². The van der Waals surface area contributed by atoms with Gasteiger partial charge in [-0.25, -0.2) is 0 Å². The fourth-order valence-electron chi connectivity index (χ4n) is 4.03. The molecule has 1 aliphatic heterocycles. The number of phenolic OH excluding ortho intramolecular Hbond substituents is 1. The van der Waals surface area contributed by atoms with E-state index >= 15 is 0 Å². The first-order chi connectivity index (χ1) is 19.5. The first-order valence-electron chi connectivity index (χ1n) is 13.0. The molecule has 9 nitrogen and oxygen atoms in total. The van der Waals surface area contributed by atoms with Crippen molar-refractivity contribution in [3.05, 3.63) is 89.5 Å². The minimum atomic E-state index is -3.31. The number of piperazine rings is 1. The molecule has 0 radical (unpaired) electrons. The Bertz CT molecular complexity index is 1380. The summed E-state index contributed by atoms with van der Waals surface area (Å²) in [5, 5.41) is 25.1. The minimum Gasteiger partial charge on any atom is -0.508 e. The lowest BCUT2D eigenvalue weighted by Gasteiger charge is -2.26. The Morgan fingerprint density at radius 3 is 2.51 bits per heavy atom. The predicted octanol–water partition coefficient (Wildman–Crippen LogP) is 4.09. The van der Waals surface area contributed by atoms with Gasteiger partial charge in [0, 0.05) is 54.8 Å². The molecule has 1 unspecified atom stereocenters. The van der Waals surface area contributed by atoms with Crippen LogP contribution < -0.4 is 16.0 Å². The molecule has 3 aromatic carbocycles. The average Bonchev–Trinajstić information content (AvgIpc) is 2.94. The predicted molar refractivity (Wildman–Crippen MR) is 153 cm³/mol. The number of benzene rings is 3. The largest absolute Gasteiger partial charge is 0.508 e. The lowest BCUT2D eigenvalue weighted by molar-refractivity contribution is -0.143. The second-order valence-electron chi connectivity index (χ2n) is 9.65. The Hall–Kier alpha value is -4.80. The summed E-state index contributed by atoms with van der Waals surface area (Å²) >= 11 is 0. The number of amides is 3. The third-order valence-corrected chi connectivity index (χ3v) is 6.07. The van der Waals surface area contributed by atoms with Gasteiger partial charge in [-0.2, -0.15) is 8.78 Å². The number of anilines is 2. The standard InChI is InChI=1S/C18H18N4O3.C12H15F2NO/c19-10-13-9-15(23)4-5-16(13)21-14-3-1-2-12(8-14)18(25)22-7-6-20-17(24)11-22;1-9(15-11(16)12(2,13)14)8-10-6-4-3-5-7-10/h1-5,8-10,19,21,23H,6-7,11H2,(H,20,24);3-7,9H,8H2,1-2H3,(H,15,16). The van der Waals surface area contributed by atoms with Crippen molar-refractivity contribution in [3.63, 3.8) is 0 Å². The summed E-state index contributed by atoms with van der Waals surface area (Å²) in [6.45, 7) is 3.30. The monoisotopic (exact) mass is 565 g/mol. The third-order valence-electron chi connectivity index (χ3n) is 6.07. The van der Waals surface area contributed by atoms with Gasteiger partial charge in [0.15, 0.2) is 0 Å². The van der Waals surface area contributed by atoms with Gasteiger partial charge in [0.05, 0.1) is 6.54 Å². The van der Waals surface area contributed by atoms with Crippen molar-refractivity contribution >= 4 is 35.3 Å². The zero-order valence-corrected chi connectivity index (χ0v) is 22.8. The number of phenols is 1. The maximum Gasteiger partial charge on any atom is 0.321 e. The maximum absolute atomic E-state index is 12.6. The number of carbonyl (C=O) groups excluding carboxylic acids is 3. The molecule has 1 aliphatic rings. The summed E-state index contributed by atoms with van der Waals surface area (Å²) in [6.07, 6.45) is 1.69. The van der Waals surface area contributed by atoms with Crippen molar-refractivity contribution < 1.29 is 28.3 Å². The van der Waals surface area contributed by atoms with Crippen LogP contribution in [0.3, 0.4) is 0 Å². The SMILES string of the molecule is CC(Cc1ccccc1)NC(=O)C(C)(F)F.N=Cc1cc(O)ccc1Nc1cccc(C(=O)N2CCNC(=O)C2)c1. The maximum atomic E-state index is 12.6. The average molecular weight is 566 g/mol. The van der Waals surface area contributed by atoms with E-state index in [-0.39, 0.29) is 30.2 Å². The van der Waals surface area contributed by atoms with Gasteiger partial charge < -0.3 is 31.4 Å². The van der Waals surface area contributed by atoms with Gasteiger partial charge in [0.2, 0.25) is 5.91 Å². The second-order valence-corrected chi connectivity index (χ2v) is 9.65. The van der Waals surface area contributed by atoms with Crippen molar-refractivity contribution in [2.24, 2.45) is 0 Å². The molecule has 0 aromatic heterocycles. The van der Waals surface area contributed by atoms with E-state index in [9.17, 15) is 28.3 Å². The van der Waals surface area contributed by atoms with Gasteiger partial charge in [-0.15, -0.1) is 0 Å². The third kappa shape index (κ3) is 9.41. The Morgan fingerprint density at radius 1 is 1.12 bits per heavy atom. The van der Waals surface area contributed by atoms with E-state index in [0.717, 1.165) is 11.8 Å². The zero-order valence-electron chi connectivity index (χ0n) is 22.8. The van der Waals surface area contributed by atoms with Crippen molar-refractivity contribution in [3.8, 4) is 5.75 Å². The summed E-state index contributed by atoms with van der Waals surface area (Å²) in [4.78, 5) is 36.5. The highest BCUT2D eigenvalue weighted by Gasteiger charge is 2.32. The molecule has 1 heterocycles. The molecule has 5 N–H and O–H groups in total. The molecule has 3 amide bonds. The molecular formula is C30H33F2N5O4. The molecule has 1 fully saturated rings. The van der Waals surface area contributed by atoms with Gasteiger partial charge in [0.1, 0.15) is 5.75 Å². The molecule has 0 bridgehead atoms. The molecule has 1 saturated heterocycles. The lowest BCUT2D eigenvalue weighted by Crippen LogP contribution is -2.49. The molecule has 0 saturated carbocycles. The van der Waals surface area contributed by atoms with E-state index in [1.807, 2.05) is 30.3 Å². The molecule has 4 rings (SSSR count). The molecule has 11 heteroatoms. The number of carbonyl (C=O) groups is 3. The van der Waals surface area contributed by atoms with E-state index in [2.05, 4.69) is 16.0 Å². The van der Waals surface area contributed by atoms with Crippen LogP contribution in [0.5, 0.6) is 5.75 Å². The number of halogens is 2. The summed E-state index contributed by atoms with van der Waals surface area (Å²) in [6, 6.07) is 20.8. The second kappa shape index (κ2) is 14.0. The van der Waals surface area contributed by atoms with Crippen molar-refractivity contribution in [1.82, 2.24) is 15.5 Å². The van der Waals surface area contributed by atoms with Gasteiger partial charge in [-0.05, 0) is 55.3 Å². The zero-order chi connectivity index (χ0) is 30.0. The number of hydrogen-bond acceptors (Lipinski definition) is 6. The highest BCUT2D eigenvalue weighted by Crippen LogP contribution is 2.24. The van der Waals surface area contributed by atoms with Crippen LogP contribution in [0.15, 0.2) is 72.8 Å². The van der Waals surface area contributed by atoms with Crippen molar-refractivity contribution in [2.75, 3.05) is 25.0 Å². The van der Waals surface area contributed by atoms with Crippen LogP contribution in [-0.2, 0) is 16.0 Å². The number of hydrogen-bond donors (Lipinski definition) is 5. The van der Waals surface area contributed by atoms with Gasteiger partial charge >= 0.3 is 5.92 Å². The Kier molecular flexibility index (Phi) is 10.5. The van der Waals surface area contributed by atoms with E-state index in [0.29, 0.717) is 48.9 Å². The molecule has 216 valence electrons. The van der Waals surface area contributed by atoms with Crippen LogP contribution >= 0.6 is 0 Å². The summed E-state index contributed by atoms with van der Waals surface area (Å²) in [5.41, 5.74) is 3.35. The number of alkyl halides is 2. The van der Waals surface area contributed by atoms with Crippen LogP contribution in [-0.4, -0.2) is 65.5 Å². The van der Waals surface area contributed by atoms with E-state index in [1.54, 1.807) is 37.3 Å². The summed E-state index contributed by atoms with van der Waals surface area (Å²) in [5.74, 6) is -4.82. The highest BCUT2D eigenvalue weighted by molar-refractivity contribution is 5.98. The smallest absolute Gasteiger partial charge is 0.321 e. The minimum absolute atomic E-state index is 0.0619. The fourth-order valence-corrected chi connectivity index (χ4v) is 4.03. The number of nitrogens with zero attached hydrogens (tertiary/aromatic N) is 1. The number of nitrogens with one attached hydrogen (secondary N) is 4. The lowest BCUT2D eigenvalue weighted by atomic mass is 10.1. The van der Waals surface area contributed by atoms with E-state index in [4.69, 9.17) is 5.41 Å². The first kappa shape index (κ1) is 30.7. The Labute approximate surface area is 237 Å². The molecular weight excluding hydrogens is 532 g/mol. The quantitative estimate of drug-likeness (QED) is 0.207. The molecule has 41 heavy (non-hydrogen) atoms. The van der Waals surface area contributed by atoms with Crippen molar-refractivity contribution in [2.45, 2.75) is 32.2 Å². The number of aromatic hydroxyl groups is 1. The van der Waals surface area contributed by atoms with Gasteiger partial charge in [-0.1, -0.05) is 36.4 Å². The Balaban J connectivity index is 0.000000250. The van der Waals surface area contributed by atoms with Crippen LogP contribution in [0, 0.1) is 5.41 Å². The van der Waals surface area contributed by atoms with Crippen LogP contribution in [0.2, 0.25) is 0 Å². The summed E-state index contributed by atoms with van der Waals surface area (Å²) in [7, 11) is 0. The van der Waals surface area contributed by atoms with E-state index in [1.165, 1.54) is 17.0 Å². The molecule has 3 aromatic rings. The molecule has 0 spiro atoms. The first-order valence-corrected chi connectivity index (χ1v) is 13.0. The normalized spacial score (nSPS) is 13.7. The topological polar surface area (TPSA) is 135 Å². The number of rotatable bonds is 8. The van der Waals surface area contributed by atoms with Crippen LogP contribution in [0.25, 0.3) is 0 Å². The van der Waals surface area contributed by atoms with Gasteiger partial charge in [0.25, 0.3) is 11.8 Å². The summed E-state index contributed by atoms with van der Waals surface area (Å²) < 4.78 is 25.2.